The van der Waals surface area contributed by atoms with Gasteiger partial charge < -0.3 is 5.11 Å². The first-order chi connectivity index (χ1) is 6.70. The second-order valence-corrected chi connectivity index (χ2v) is 3.06. The highest BCUT2D eigenvalue weighted by Crippen LogP contribution is 2.00. The Kier molecular flexibility index (Phi) is 3.90. The first kappa shape index (κ1) is 10.5. The third-order valence-corrected chi connectivity index (χ3v) is 1.91. The van der Waals surface area contributed by atoms with Crippen LogP contribution < -0.4 is 5.69 Å². The first-order valence-corrected chi connectivity index (χ1v) is 4.52. The maximum atomic E-state index is 10.9. The molecule has 0 aromatic carbocycles. The molecule has 0 saturated carbocycles. The van der Waals surface area contributed by atoms with Crippen LogP contribution in [0.5, 0.6) is 0 Å². The second-order valence-electron chi connectivity index (χ2n) is 3.06. The number of carboxylic acid groups (broad SMARTS) is 1. The summed E-state index contributed by atoms with van der Waals surface area (Å²) < 4.78 is 1.47. The van der Waals surface area contributed by atoms with Crippen LogP contribution in [0.25, 0.3) is 0 Å². The molecule has 2 N–H and O–H groups in total. The molecule has 6 heteroatoms. The standard InChI is InChI=1S/C8H13N3O3/c12-7(13)4-2-1-3-5-11-6-9-10-8(11)14/h6H,1-5H2,(H,10,14)(H,12,13). The Morgan fingerprint density at radius 3 is 2.86 bits per heavy atom. The minimum atomic E-state index is -0.773. The maximum Gasteiger partial charge on any atom is 0.343 e. The second kappa shape index (κ2) is 5.21. The molecule has 0 amide bonds. The highest BCUT2D eigenvalue weighted by atomic mass is 16.4. The van der Waals surface area contributed by atoms with Crippen LogP contribution in [-0.2, 0) is 11.3 Å². The van der Waals surface area contributed by atoms with Crippen molar-refractivity contribution >= 4 is 5.97 Å². The number of hydrogen-bond acceptors (Lipinski definition) is 3. The predicted octanol–water partition coefficient (Wildman–Crippen LogP) is 0.216. The molecule has 1 aromatic heterocycles. The monoisotopic (exact) mass is 199 g/mol. The van der Waals surface area contributed by atoms with Crippen molar-refractivity contribution in [1.82, 2.24) is 14.8 Å². The van der Waals surface area contributed by atoms with E-state index in [0.29, 0.717) is 13.0 Å². The van der Waals surface area contributed by atoms with Crippen molar-refractivity contribution in [3.63, 3.8) is 0 Å². The molecular formula is C8H13N3O3. The van der Waals surface area contributed by atoms with Gasteiger partial charge in [-0.2, -0.15) is 5.10 Å². The molecular weight excluding hydrogens is 186 g/mol. The number of unbranched alkanes of at least 4 members (excludes halogenated alkanes) is 2. The van der Waals surface area contributed by atoms with Gasteiger partial charge in [-0.1, -0.05) is 6.42 Å². The summed E-state index contributed by atoms with van der Waals surface area (Å²) in [6.45, 7) is 0.592. The normalized spacial score (nSPS) is 10.3. The lowest BCUT2D eigenvalue weighted by atomic mass is 10.2. The van der Waals surface area contributed by atoms with Crippen LogP contribution in [0.4, 0.5) is 0 Å². The van der Waals surface area contributed by atoms with E-state index in [4.69, 9.17) is 5.11 Å². The molecule has 78 valence electrons. The number of rotatable bonds is 6. The topological polar surface area (TPSA) is 88.0 Å². The fraction of sp³-hybridized carbons (Fsp3) is 0.625. The highest BCUT2D eigenvalue weighted by molar-refractivity contribution is 5.66. The number of aliphatic carboxylic acids is 1. The van der Waals surface area contributed by atoms with E-state index in [1.54, 1.807) is 0 Å². The number of nitrogens with zero attached hydrogens (tertiary/aromatic N) is 2. The SMILES string of the molecule is O=C(O)CCCCCn1cn[nH]c1=O. The lowest BCUT2D eigenvalue weighted by Gasteiger charge is -1.98. The summed E-state index contributed by atoms with van der Waals surface area (Å²) in [5.74, 6) is -0.773. The van der Waals surface area contributed by atoms with Crippen LogP contribution in [0.3, 0.4) is 0 Å². The number of aromatic amines is 1. The van der Waals surface area contributed by atoms with E-state index >= 15 is 0 Å². The van der Waals surface area contributed by atoms with Crippen molar-refractivity contribution in [3.05, 3.63) is 16.8 Å². The average molecular weight is 199 g/mol. The summed E-state index contributed by atoms with van der Waals surface area (Å²) in [5.41, 5.74) is -0.219. The van der Waals surface area contributed by atoms with Crippen molar-refractivity contribution in [2.45, 2.75) is 32.2 Å². The van der Waals surface area contributed by atoms with Crippen molar-refractivity contribution < 1.29 is 9.90 Å². The third kappa shape index (κ3) is 3.42. The molecule has 6 nitrogen and oxygen atoms in total. The smallest absolute Gasteiger partial charge is 0.343 e. The zero-order valence-corrected chi connectivity index (χ0v) is 7.77. The Morgan fingerprint density at radius 1 is 1.50 bits per heavy atom. The van der Waals surface area contributed by atoms with E-state index in [0.717, 1.165) is 12.8 Å². The molecule has 0 unspecified atom stereocenters. The van der Waals surface area contributed by atoms with Crippen LogP contribution >= 0.6 is 0 Å². The van der Waals surface area contributed by atoms with Gasteiger partial charge in [0.05, 0.1) is 0 Å². The van der Waals surface area contributed by atoms with Crippen LogP contribution in [-0.4, -0.2) is 25.8 Å². The molecule has 0 spiro atoms. The van der Waals surface area contributed by atoms with Gasteiger partial charge in [0.15, 0.2) is 0 Å². The molecule has 0 aliphatic carbocycles. The Bertz CT molecular complexity index is 342. The molecule has 1 heterocycles. The molecule has 0 aliphatic rings. The quantitative estimate of drug-likeness (QED) is 0.641. The van der Waals surface area contributed by atoms with Gasteiger partial charge >= 0.3 is 11.7 Å². The Labute approximate surface area is 80.6 Å². The van der Waals surface area contributed by atoms with Crippen LogP contribution in [0.15, 0.2) is 11.1 Å². The number of carbonyl (C=O) groups is 1. The fourth-order valence-electron chi connectivity index (χ4n) is 1.16. The summed E-state index contributed by atoms with van der Waals surface area (Å²) in [4.78, 5) is 21.1. The van der Waals surface area contributed by atoms with E-state index in [1.165, 1.54) is 10.9 Å². The molecule has 0 radical (unpaired) electrons. The zero-order valence-electron chi connectivity index (χ0n) is 7.77. The summed E-state index contributed by atoms with van der Waals surface area (Å²) in [6.07, 6.45) is 3.90. The van der Waals surface area contributed by atoms with E-state index in [2.05, 4.69) is 10.2 Å². The summed E-state index contributed by atoms with van der Waals surface area (Å²) >= 11 is 0. The number of H-pyrrole nitrogens is 1. The summed E-state index contributed by atoms with van der Waals surface area (Å²) in [7, 11) is 0. The van der Waals surface area contributed by atoms with Crippen molar-refractivity contribution in [3.8, 4) is 0 Å². The molecule has 1 rings (SSSR count). The van der Waals surface area contributed by atoms with Crippen molar-refractivity contribution in [2.75, 3.05) is 0 Å². The lowest BCUT2D eigenvalue weighted by Crippen LogP contribution is -2.16. The number of aromatic nitrogens is 3. The van der Waals surface area contributed by atoms with Gasteiger partial charge in [0.1, 0.15) is 6.33 Å². The van der Waals surface area contributed by atoms with Gasteiger partial charge in [0.25, 0.3) is 0 Å². The summed E-state index contributed by atoms with van der Waals surface area (Å²) in [6, 6.07) is 0. The van der Waals surface area contributed by atoms with E-state index < -0.39 is 5.97 Å². The van der Waals surface area contributed by atoms with Crippen LogP contribution in [0, 0.1) is 0 Å². The van der Waals surface area contributed by atoms with E-state index in [-0.39, 0.29) is 12.1 Å². The minimum Gasteiger partial charge on any atom is -0.481 e. The molecule has 1 aromatic rings. The van der Waals surface area contributed by atoms with E-state index in [1.807, 2.05) is 0 Å². The van der Waals surface area contributed by atoms with Crippen LogP contribution in [0.2, 0.25) is 0 Å². The molecule has 0 saturated heterocycles. The number of carboxylic acids is 1. The molecule has 0 aliphatic heterocycles. The third-order valence-electron chi connectivity index (χ3n) is 1.91. The van der Waals surface area contributed by atoms with E-state index in [9.17, 15) is 9.59 Å². The maximum absolute atomic E-state index is 10.9. The van der Waals surface area contributed by atoms with Gasteiger partial charge in [-0.05, 0) is 12.8 Å². The Hall–Kier alpha value is -1.59. The molecule has 14 heavy (non-hydrogen) atoms. The van der Waals surface area contributed by atoms with Gasteiger partial charge in [0, 0.05) is 13.0 Å². The van der Waals surface area contributed by atoms with Gasteiger partial charge in [-0.25, -0.2) is 9.89 Å². The van der Waals surface area contributed by atoms with Gasteiger partial charge in [-0.15, -0.1) is 0 Å². The Morgan fingerprint density at radius 2 is 2.29 bits per heavy atom. The average Bonchev–Trinajstić information content (AvgIpc) is 2.51. The first-order valence-electron chi connectivity index (χ1n) is 4.52. The number of aryl methyl sites for hydroxylation is 1. The van der Waals surface area contributed by atoms with Gasteiger partial charge in [-0.3, -0.25) is 9.36 Å². The van der Waals surface area contributed by atoms with Crippen molar-refractivity contribution in [2.24, 2.45) is 0 Å². The lowest BCUT2D eigenvalue weighted by molar-refractivity contribution is -0.137. The highest BCUT2D eigenvalue weighted by Gasteiger charge is 1.98. The summed E-state index contributed by atoms with van der Waals surface area (Å²) in [5, 5.41) is 14.2. The molecule has 0 fully saturated rings. The molecule has 0 atom stereocenters. The largest absolute Gasteiger partial charge is 0.481 e. The van der Waals surface area contributed by atoms with Crippen LogP contribution in [0.1, 0.15) is 25.7 Å². The Balaban J connectivity index is 2.13. The predicted molar refractivity (Wildman–Crippen MR) is 49.0 cm³/mol. The fourth-order valence-corrected chi connectivity index (χ4v) is 1.16. The number of hydrogen-bond donors (Lipinski definition) is 2. The minimum absolute atomic E-state index is 0.195. The molecule has 0 bridgehead atoms. The zero-order chi connectivity index (χ0) is 10.4. The van der Waals surface area contributed by atoms with Crippen molar-refractivity contribution in [1.29, 1.82) is 0 Å². The van der Waals surface area contributed by atoms with Gasteiger partial charge in [0.2, 0.25) is 0 Å². The number of nitrogens with one attached hydrogen (secondary N) is 1.